The summed E-state index contributed by atoms with van der Waals surface area (Å²) in [4.78, 5) is 22.5. The Bertz CT molecular complexity index is 554. The molecule has 0 unspecified atom stereocenters. The van der Waals surface area contributed by atoms with E-state index in [2.05, 4.69) is 15.3 Å². The summed E-state index contributed by atoms with van der Waals surface area (Å²) in [5.41, 5.74) is -0.438. The second-order valence-corrected chi connectivity index (χ2v) is 7.09. The van der Waals surface area contributed by atoms with Crippen molar-refractivity contribution in [3.05, 3.63) is 24.5 Å². The van der Waals surface area contributed by atoms with Gasteiger partial charge in [0.05, 0.1) is 6.04 Å². The highest BCUT2D eigenvalue weighted by atomic mass is 32.2. The van der Waals surface area contributed by atoms with Crippen molar-refractivity contribution in [3.8, 4) is 0 Å². The highest BCUT2D eigenvalue weighted by Crippen LogP contribution is 2.26. The van der Waals surface area contributed by atoms with Crippen LogP contribution in [0.1, 0.15) is 27.2 Å². The van der Waals surface area contributed by atoms with E-state index in [1.165, 1.54) is 4.90 Å². The lowest BCUT2D eigenvalue weighted by Gasteiger charge is -2.37. The Morgan fingerprint density at radius 3 is 2.50 bits per heavy atom. The maximum absolute atomic E-state index is 11.5. The van der Waals surface area contributed by atoms with Gasteiger partial charge in [0.25, 0.3) is 0 Å². The first kappa shape index (κ1) is 16.6. The smallest absolute Gasteiger partial charge is 0.408 e. The minimum atomic E-state index is -0.900. The first-order valence-electron chi connectivity index (χ1n) is 7.14. The zero-order valence-electron chi connectivity index (χ0n) is 13.3. The van der Waals surface area contributed by atoms with Crippen LogP contribution >= 0.6 is 11.8 Å². The minimum Gasteiger partial charge on any atom is -0.465 e. The molecule has 0 radical (unpaired) electrons. The summed E-state index contributed by atoms with van der Waals surface area (Å²) in [7, 11) is 0. The molecule has 0 saturated carbocycles. The van der Waals surface area contributed by atoms with Crippen LogP contribution in [0.3, 0.4) is 0 Å². The van der Waals surface area contributed by atoms with Crippen LogP contribution < -0.4 is 5.32 Å². The van der Waals surface area contributed by atoms with Gasteiger partial charge in [-0.25, -0.2) is 14.8 Å². The molecule has 2 N–H and O–H groups in total. The molecule has 7 heteroatoms. The third-order valence-electron chi connectivity index (χ3n) is 3.50. The summed E-state index contributed by atoms with van der Waals surface area (Å²) >= 11 is 1.59. The number of nitrogens with zero attached hydrogens (tertiary/aromatic N) is 3. The summed E-state index contributed by atoms with van der Waals surface area (Å²) in [6.07, 6.45) is 9.22. The molecular formula is C15H22N4O2S. The van der Waals surface area contributed by atoms with Gasteiger partial charge in [0, 0.05) is 28.9 Å². The Labute approximate surface area is 135 Å². The van der Waals surface area contributed by atoms with Gasteiger partial charge in [0.2, 0.25) is 5.95 Å². The second kappa shape index (κ2) is 6.56. The average molecular weight is 322 g/mol. The number of thioether (sulfide) groups is 1. The van der Waals surface area contributed by atoms with Crippen LogP contribution in [0.15, 0.2) is 29.4 Å². The molecule has 2 rings (SSSR count). The average Bonchev–Trinajstić information content (AvgIpc) is 2.85. The number of carboxylic acid groups (broad SMARTS) is 1. The van der Waals surface area contributed by atoms with Gasteiger partial charge in [-0.05, 0) is 33.4 Å². The number of anilines is 1. The lowest BCUT2D eigenvalue weighted by atomic mass is 10.0. The van der Waals surface area contributed by atoms with Crippen molar-refractivity contribution in [3.63, 3.8) is 0 Å². The Balaban J connectivity index is 2.00. The fraction of sp³-hybridized carbons (Fsp3) is 0.533. The molecular weight excluding hydrogens is 300 g/mol. The van der Waals surface area contributed by atoms with Gasteiger partial charge in [-0.2, -0.15) is 0 Å². The van der Waals surface area contributed by atoms with E-state index in [1.54, 1.807) is 24.2 Å². The van der Waals surface area contributed by atoms with Crippen LogP contribution in [0.5, 0.6) is 0 Å². The van der Waals surface area contributed by atoms with E-state index in [0.717, 1.165) is 4.90 Å². The molecule has 1 amide bonds. The normalized spacial score (nSPS) is 20.9. The molecule has 0 bridgehead atoms. The number of carbonyl (C=O) groups is 1. The summed E-state index contributed by atoms with van der Waals surface area (Å²) in [6, 6.07) is -0.102. The van der Waals surface area contributed by atoms with Crippen molar-refractivity contribution in [2.24, 2.45) is 0 Å². The molecule has 1 aliphatic carbocycles. The molecule has 0 spiro atoms. The number of hydrogen-bond acceptors (Lipinski definition) is 5. The molecule has 0 aromatic carbocycles. The summed E-state index contributed by atoms with van der Waals surface area (Å²) in [6.45, 7) is 5.71. The monoisotopic (exact) mass is 322 g/mol. The van der Waals surface area contributed by atoms with Crippen LogP contribution in [0.4, 0.5) is 10.7 Å². The maximum atomic E-state index is 11.5. The maximum Gasteiger partial charge on any atom is 0.408 e. The van der Waals surface area contributed by atoms with Crippen molar-refractivity contribution >= 4 is 23.8 Å². The topological polar surface area (TPSA) is 78.4 Å². The molecule has 0 fully saturated rings. The largest absolute Gasteiger partial charge is 0.465 e. The van der Waals surface area contributed by atoms with Crippen LogP contribution in [0.25, 0.3) is 0 Å². The molecule has 1 heterocycles. The standard InChI is InChI=1S/C15H22N4O2S/c1-15(2,3)19(14(20)21)11-6-5-10(7-11)18-13-16-8-12(22-4)9-17-13/h5-6,8-11H,7H2,1-4H3,(H,20,21)(H,16,17,18)/t10-,11-/m0/s1. The molecule has 1 aromatic rings. The second-order valence-electron chi connectivity index (χ2n) is 6.21. The van der Waals surface area contributed by atoms with Gasteiger partial charge < -0.3 is 10.4 Å². The predicted octanol–water partition coefficient (Wildman–Crippen LogP) is 3.09. The Morgan fingerprint density at radius 1 is 1.36 bits per heavy atom. The predicted molar refractivity (Wildman–Crippen MR) is 88.4 cm³/mol. The van der Waals surface area contributed by atoms with E-state index in [0.29, 0.717) is 12.4 Å². The lowest BCUT2D eigenvalue weighted by molar-refractivity contribution is 0.0827. The number of aromatic nitrogens is 2. The fourth-order valence-corrected chi connectivity index (χ4v) is 2.88. The van der Waals surface area contributed by atoms with Gasteiger partial charge in [-0.3, -0.25) is 4.90 Å². The van der Waals surface area contributed by atoms with E-state index in [4.69, 9.17) is 0 Å². The van der Waals surface area contributed by atoms with E-state index in [1.807, 2.05) is 39.2 Å². The van der Waals surface area contributed by atoms with Crippen LogP contribution in [-0.4, -0.2) is 49.9 Å². The molecule has 1 aromatic heterocycles. The highest BCUT2D eigenvalue weighted by Gasteiger charge is 2.35. The Morgan fingerprint density at radius 2 is 2.00 bits per heavy atom. The Hall–Kier alpha value is -1.76. The molecule has 6 nitrogen and oxygen atoms in total. The highest BCUT2D eigenvalue weighted by molar-refractivity contribution is 7.98. The van der Waals surface area contributed by atoms with E-state index in [9.17, 15) is 9.90 Å². The van der Waals surface area contributed by atoms with Crippen molar-refractivity contribution in [1.82, 2.24) is 14.9 Å². The molecule has 22 heavy (non-hydrogen) atoms. The Kier molecular flexibility index (Phi) is 4.95. The minimum absolute atomic E-state index is 0.0364. The molecule has 2 atom stereocenters. The van der Waals surface area contributed by atoms with E-state index < -0.39 is 11.6 Å². The lowest BCUT2D eigenvalue weighted by Crippen LogP contribution is -2.50. The van der Waals surface area contributed by atoms with Crippen molar-refractivity contribution in [2.45, 2.75) is 49.7 Å². The molecule has 1 aliphatic rings. The number of amides is 1. The van der Waals surface area contributed by atoms with Crippen LogP contribution in [0.2, 0.25) is 0 Å². The van der Waals surface area contributed by atoms with Gasteiger partial charge in [0.15, 0.2) is 0 Å². The quantitative estimate of drug-likeness (QED) is 0.655. The molecule has 120 valence electrons. The van der Waals surface area contributed by atoms with Crippen molar-refractivity contribution in [1.29, 1.82) is 0 Å². The molecule has 0 aliphatic heterocycles. The van der Waals surface area contributed by atoms with Gasteiger partial charge in [0.1, 0.15) is 0 Å². The van der Waals surface area contributed by atoms with Crippen molar-refractivity contribution < 1.29 is 9.90 Å². The van der Waals surface area contributed by atoms with Gasteiger partial charge in [-0.15, -0.1) is 11.8 Å². The zero-order chi connectivity index (χ0) is 16.3. The van der Waals surface area contributed by atoms with Gasteiger partial charge in [-0.1, -0.05) is 12.2 Å². The van der Waals surface area contributed by atoms with Crippen LogP contribution in [0, 0.1) is 0 Å². The first-order chi connectivity index (χ1) is 10.3. The van der Waals surface area contributed by atoms with Gasteiger partial charge >= 0.3 is 6.09 Å². The third kappa shape index (κ3) is 3.91. The third-order valence-corrected chi connectivity index (χ3v) is 4.18. The first-order valence-corrected chi connectivity index (χ1v) is 8.37. The number of nitrogens with one attached hydrogen (secondary N) is 1. The van der Waals surface area contributed by atoms with E-state index >= 15 is 0 Å². The van der Waals surface area contributed by atoms with E-state index in [-0.39, 0.29) is 12.1 Å². The van der Waals surface area contributed by atoms with Crippen molar-refractivity contribution in [2.75, 3.05) is 11.6 Å². The number of rotatable bonds is 4. The summed E-state index contributed by atoms with van der Waals surface area (Å²) in [5, 5.41) is 12.7. The summed E-state index contributed by atoms with van der Waals surface area (Å²) in [5.74, 6) is 0.561. The zero-order valence-corrected chi connectivity index (χ0v) is 14.1. The molecule has 0 saturated heterocycles. The number of hydrogen-bond donors (Lipinski definition) is 2. The summed E-state index contributed by atoms with van der Waals surface area (Å²) < 4.78 is 0. The van der Waals surface area contributed by atoms with Crippen LogP contribution in [-0.2, 0) is 0 Å². The SMILES string of the molecule is CSc1cnc(N[C@H]2C=C[C@H](N(C(=O)O)C(C)(C)C)C2)nc1. The fourth-order valence-electron chi connectivity index (χ4n) is 2.57.